The fourth-order valence-electron chi connectivity index (χ4n) is 8.05. The smallest absolute Gasteiger partial charge is 0.211 e. The van der Waals surface area contributed by atoms with Crippen LogP contribution in [0.15, 0.2) is 72.8 Å². The number of aromatic hydroxyl groups is 1. The number of piperidine rings is 3. The van der Waals surface area contributed by atoms with E-state index in [1.54, 1.807) is 12.1 Å². The van der Waals surface area contributed by atoms with Gasteiger partial charge in [-0.2, -0.15) is 0 Å². The van der Waals surface area contributed by atoms with E-state index in [4.69, 9.17) is 14.2 Å². The minimum atomic E-state index is -0.928. The number of halogens is 1. The van der Waals surface area contributed by atoms with Gasteiger partial charge in [-0.15, -0.1) is 0 Å². The highest BCUT2D eigenvalue weighted by Crippen LogP contribution is 2.42. The fourth-order valence-corrected chi connectivity index (χ4v) is 8.05. The lowest BCUT2D eigenvalue weighted by atomic mass is 9.80. The van der Waals surface area contributed by atoms with Crippen LogP contribution in [0, 0.1) is 11.8 Å². The highest BCUT2D eigenvalue weighted by molar-refractivity contribution is 5.75. The Morgan fingerprint density at radius 3 is 2.28 bits per heavy atom. The molecular weight excluding hydrogens is 702 g/mol. The Hall–Kier alpha value is -3.19. The molecule has 3 atom stereocenters. The number of fused-ring (bicyclic) bond motifs is 3. The van der Waals surface area contributed by atoms with Gasteiger partial charge in [0, 0.05) is 31.8 Å². The van der Waals surface area contributed by atoms with Gasteiger partial charge in [0.1, 0.15) is 55.3 Å². The number of quaternary nitrogens is 1. The second-order valence-corrected chi connectivity index (χ2v) is 14.1. The van der Waals surface area contributed by atoms with Gasteiger partial charge in [0.25, 0.3) is 0 Å². The third-order valence-corrected chi connectivity index (χ3v) is 11.0. The fraction of sp³-hybridized carbons (Fsp3) is 0.513. The number of amides is 1. The van der Waals surface area contributed by atoms with E-state index in [2.05, 4.69) is 22.8 Å². The summed E-state index contributed by atoms with van der Waals surface area (Å²) in [6, 6.07) is 22.4. The first kappa shape index (κ1) is 38.1. The van der Waals surface area contributed by atoms with Gasteiger partial charge in [0.15, 0.2) is 0 Å². The van der Waals surface area contributed by atoms with E-state index in [0.29, 0.717) is 50.8 Å². The zero-order valence-electron chi connectivity index (χ0n) is 28.7. The topological polar surface area (TPSA) is 130 Å². The number of benzene rings is 3. The van der Waals surface area contributed by atoms with Crippen molar-refractivity contribution >= 4 is 12.1 Å². The van der Waals surface area contributed by atoms with Gasteiger partial charge >= 0.3 is 0 Å². The van der Waals surface area contributed by atoms with Crippen molar-refractivity contribution in [3.05, 3.63) is 83.9 Å². The maximum absolute atomic E-state index is 12.0. The lowest BCUT2D eigenvalue weighted by Gasteiger charge is -2.52. The van der Waals surface area contributed by atoms with E-state index in [-0.39, 0.29) is 40.4 Å². The van der Waals surface area contributed by atoms with Crippen LogP contribution in [0.1, 0.15) is 55.8 Å². The number of nitrogens with one attached hydrogen (secondary N) is 2. The molecule has 3 aromatic carbocycles. The van der Waals surface area contributed by atoms with Crippen LogP contribution in [0.4, 0.5) is 5.69 Å². The normalized spacial score (nSPS) is 23.4. The first-order chi connectivity index (χ1) is 23.9. The molecule has 4 aliphatic rings. The molecule has 1 amide bonds. The first-order valence-corrected chi connectivity index (χ1v) is 17.9. The summed E-state index contributed by atoms with van der Waals surface area (Å²) in [5, 5.41) is 37.8. The number of carbonyl (C=O) groups is 1. The number of anilines is 1. The number of nitrogens with zero attached hydrogens (tertiary/aromatic N) is 1. The molecule has 3 saturated heterocycles. The highest BCUT2D eigenvalue weighted by atomic mass is 79.9. The van der Waals surface area contributed by atoms with Crippen LogP contribution in [-0.4, -0.2) is 91.4 Å². The number of ether oxygens (including phenoxy) is 3. The van der Waals surface area contributed by atoms with E-state index < -0.39 is 11.7 Å². The average molecular weight is 755 g/mol. The van der Waals surface area contributed by atoms with Crippen LogP contribution in [0.5, 0.6) is 17.2 Å². The summed E-state index contributed by atoms with van der Waals surface area (Å²) in [7, 11) is 0. The minimum Gasteiger partial charge on any atom is -1.00 e. The molecule has 2 bridgehead atoms. The average Bonchev–Trinajstić information content (AvgIpc) is 3.69. The van der Waals surface area contributed by atoms with Gasteiger partial charge in [0.05, 0.1) is 31.5 Å². The molecule has 11 heteroatoms. The SMILES string of the molecule is O=CNc1cc([C@@H](O)CNCCOc2ccc(OCC[N+]34CCC(CC3)[C@@H](OC[C@@](O)(c3ccccc3)C3CCCC3)C4)cc2)ccc1O.[Br-]. The lowest BCUT2D eigenvalue weighted by molar-refractivity contribution is -0.946. The van der Waals surface area contributed by atoms with Crippen molar-refractivity contribution in [2.24, 2.45) is 11.8 Å². The first-order valence-electron chi connectivity index (χ1n) is 17.9. The quantitative estimate of drug-likeness (QED) is 0.0576. The summed E-state index contributed by atoms with van der Waals surface area (Å²) < 4.78 is 19.8. The van der Waals surface area contributed by atoms with Crippen LogP contribution in [0.3, 0.4) is 0 Å². The Labute approximate surface area is 306 Å². The van der Waals surface area contributed by atoms with Crippen molar-refractivity contribution in [2.75, 3.05) is 64.4 Å². The second-order valence-electron chi connectivity index (χ2n) is 14.1. The third-order valence-electron chi connectivity index (χ3n) is 11.0. The van der Waals surface area contributed by atoms with Gasteiger partial charge in [-0.1, -0.05) is 49.2 Å². The molecule has 5 N–H and O–H groups in total. The molecule has 7 rings (SSSR count). The Morgan fingerprint density at radius 2 is 1.60 bits per heavy atom. The number of rotatable bonds is 18. The summed E-state index contributed by atoms with van der Waals surface area (Å²) >= 11 is 0. The van der Waals surface area contributed by atoms with Crippen LogP contribution in [0.25, 0.3) is 0 Å². The maximum Gasteiger partial charge on any atom is 0.211 e. The molecule has 1 saturated carbocycles. The zero-order chi connectivity index (χ0) is 34.1. The maximum atomic E-state index is 12.0. The molecule has 0 radical (unpaired) electrons. The Bertz CT molecular complexity index is 1480. The number of phenolic OH excluding ortho intramolecular Hbond substituents is 1. The summed E-state index contributed by atoms with van der Waals surface area (Å²) in [6.07, 6.45) is 6.65. The highest BCUT2D eigenvalue weighted by Gasteiger charge is 2.48. The summed E-state index contributed by atoms with van der Waals surface area (Å²) in [5.74, 6) is 2.32. The zero-order valence-corrected chi connectivity index (χ0v) is 30.3. The summed E-state index contributed by atoms with van der Waals surface area (Å²) in [4.78, 5) is 10.7. The largest absolute Gasteiger partial charge is 1.00 e. The van der Waals surface area contributed by atoms with Crippen LogP contribution < -0.4 is 37.1 Å². The lowest BCUT2D eigenvalue weighted by Crippen LogP contribution is -3.00. The minimum absolute atomic E-state index is 0. The molecule has 0 aromatic heterocycles. The molecule has 0 unspecified atom stereocenters. The molecule has 1 aliphatic carbocycles. The Balaban J connectivity index is 0.00000486. The van der Waals surface area contributed by atoms with Crippen LogP contribution in [-0.2, 0) is 15.1 Å². The number of hydrogen-bond donors (Lipinski definition) is 5. The van der Waals surface area contributed by atoms with E-state index in [1.165, 1.54) is 18.9 Å². The van der Waals surface area contributed by atoms with Crippen molar-refractivity contribution < 1.29 is 55.8 Å². The molecule has 4 fully saturated rings. The van der Waals surface area contributed by atoms with Crippen molar-refractivity contribution in [3.8, 4) is 17.2 Å². The standard InChI is InChI=1S/C39H51N3O7.BrH/c43-28-41-35-24-30(10-15-36(35)44)37(45)25-40-18-22-47-33-11-13-34(14-12-33)48-23-21-42-19-16-29(17-20-42)38(26-42)49-27-39(46,32-8-4-5-9-32)31-6-2-1-3-7-31;/h1-3,6-7,10-15,24,28-29,32,37-38,40,45-46H,4-5,8-9,16-23,25-27H2,(H-,41,43,44);1H/t29?,37-,38-,39+,42?;/m0./s1. The number of hydrogen-bond acceptors (Lipinski definition) is 8. The number of phenols is 1. The molecule has 50 heavy (non-hydrogen) atoms. The van der Waals surface area contributed by atoms with Gasteiger partial charge < -0.3 is 61.6 Å². The number of aliphatic hydroxyl groups excluding tert-OH is 1. The molecule has 0 spiro atoms. The van der Waals surface area contributed by atoms with E-state index >= 15 is 0 Å². The van der Waals surface area contributed by atoms with Crippen molar-refractivity contribution in [2.45, 2.75) is 56.3 Å². The van der Waals surface area contributed by atoms with Crippen LogP contribution in [0.2, 0.25) is 0 Å². The van der Waals surface area contributed by atoms with Gasteiger partial charge in [-0.25, -0.2) is 0 Å². The summed E-state index contributed by atoms with van der Waals surface area (Å²) in [5.41, 5.74) is 0.896. The monoisotopic (exact) mass is 753 g/mol. The molecular formula is C39H52BrN3O7. The van der Waals surface area contributed by atoms with Gasteiger partial charge in [0.2, 0.25) is 6.41 Å². The predicted molar refractivity (Wildman–Crippen MR) is 188 cm³/mol. The van der Waals surface area contributed by atoms with E-state index in [0.717, 1.165) is 73.4 Å². The third kappa shape index (κ3) is 9.37. The van der Waals surface area contributed by atoms with Gasteiger partial charge in [-0.05, 0) is 66.3 Å². The number of carbonyl (C=O) groups excluding carboxylic acids is 1. The predicted octanol–water partition coefficient (Wildman–Crippen LogP) is 1.75. The molecule has 272 valence electrons. The second kappa shape index (κ2) is 17.8. The van der Waals surface area contributed by atoms with Crippen molar-refractivity contribution in [1.82, 2.24) is 5.32 Å². The summed E-state index contributed by atoms with van der Waals surface area (Å²) in [6.45, 7) is 6.49. The van der Waals surface area contributed by atoms with E-state index in [1.807, 2.05) is 42.5 Å². The molecule has 10 nitrogen and oxygen atoms in total. The molecule has 3 heterocycles. The van der Waals surface area contributed by atoms with E-state index in [9.17, 15) is 20.1 Å². The van der Waals surface area contributed by atoms with Crippen molar-refractivity contribution in [3.63, 3.8) is 0 Å². The molecule has 3 aromatic rings. The van der Waals surface area contributed by atoms with Crippen LogP contribution >= 0.6 is 0 Å². The Morgan fingerprint density at radius 1 is 0.920 bits per heavy atom. The number of aliphatic hydroxyl groups is 2. The molecule has 3 aliphatic heterocycles. The van der Waals surface area contributed by atoms with Gasteiger partial charge in [-0.3, -0.25) is 4.79 Å². The van der Waals surface area contributed by atoms with Crippen molar-refractivity contribution in [1.29, 1.82) is 0 Å². The Kier molecular flexibility index (Phi) is 13.6.